The van der Waals surface area contributed by atoms with E-state index in [1.54, 1.807) is 43.8 Å². The summed E-state index contributed by atoms with van der Waals surface area (Å²) in [7, 11) is 1.86. The first kappa shape index (κ1) is 18.6. The Labute approximate surface area is 157 Å². The first-order chi connectivity index (χ1) is 12.6. The molecule has 0 aromatic carbocycles. The summed E-state index contributed by atoms with van der Waals surface area (Å²) in [6.45, 7) is 9.13. The van der Waals surface area contributed by atoms with E-state index in [-0.39, 0.29) is 0 Å². The van der Waals surface area contributed by atoms with Crippen LogP contribution in [0.1, 0.15) is 32.2 Å². The second kappa shape index (κ2) is 6.86. The predicted molar refractivity (Wildman–Crippen MR) is 102 cm³/mol. The van der Waals surface area contributed by atoms with Crippen LogP contribution in [0.5, 0.6) is 11.5 Å². The molecule has 1 N–H and O–H groups in total. The minimum atomic E-state index is -0.588. The molecule has 0 aliphatic heterocycles. The molecule has 3 heterocycles. The van der Waals surface area contributed by atoms with E-state index < -0.39 is 11.7 Å². The van der Waals surface area contributed by atoms with Gasteiger partial charge in [-0.2, -0.15) is 5.10 Å². The van der Waals surface area contributed by atoms with Crippen molar-refractivity contribution in [1.29, 1.82) is 0 Å². The van der Waals surface area contributed by atoms with Gasteiger partial charge in [0.05, 0.1) is 17.4 Å². The van der Waals surface area contributed by atoms with E-state index in [2.05, 4.69) is 20.4 Å². The number of nitrogens with zero attached hydrogens (tertiary/aromatic N) is 4. The highest BCUT2D eigenvalue weighted by Crippen LogP contribution is 2.27. The summed E-state index contributed by atoms with van der Waals surface area (Å²) in [4.78, 5) is 20.7. The molecular weight excluding hydrogens is 346 g/mol. The van der Waals surface area contributed by atoms with E-state index in [1.807, 2.05) is 27.0 Å². The van der Waals surface area contributed by atoms with Gasteiger partial charge in [-0.25, -0.2) is 14.8 Å². The maximum atomic E-state index is 12.0. The lowest BCUT2D eigenvalue weighted by atomic mass is 10.2. The molecule has 0 fully saturated rings. The number of ether oxygens (including phenoxy) is 2. The van der Waals surface area contributed by atoms with Gasteiger partial charge in [0.15, 0.2) is 0 Å². The molecule has 0 saturated heterocycles. The van der Waals surface area contributed by atoms with Crippen LogP contribution in [0.3, 0.4) is 0 Å². The van der Waals surface area contributed by atoms with E-state index in [4.69, 9.17) is 9.47 Å². The number of pyridine rings is 2. The lowest BCUT2D eigenvalue weighted by Gasteiger charge is -2.19. The van der Waals surface area contributed by atoms with Gasteiger partial charge in [0.1, 0.15) is 28.4 Å². The molecule has 0 unspecified atom stereocenters. The van der Waals surface area contributed by atoms with Gasteiger partial charge in [-0.15, -0.1) is 0 Å². The number of hydrogen-bond donors (Lipinski definition) is 1. The maximum Gasteiger partial charge on any atom is 0.413 e. The van der Waals surface area contributed by atoms with Crippen LogP contribution in [-0.4, -0.2) is 31.4 Å². The molecule has 0 saturated carbocycles. The van der Waals surface area contributed by atoms with Gasteiger partial charge in [-0.3, -0.25) is 10.00 Å². The van der Waals surface area contributed by atoms with Crippen LogP contribution in [0.4, 0.5) is 10.6 Å². The number of rotatable bonds is 3. The fourth-order valence-corrected chi connectivity index (χ4v) is 2.65. The minimum Gasteiger partial charge on any atom is -0.455 e. The number of anilines is 1. The molecule has 8 nitrogen and oxygen atoms in total. The average molecular weight is 369 g/mol. The van der Waals surface area contributed by atoms with Crippen molar-refractivity contribution in [2.24, 2.45) is 7.05 Å². The Morgan fingerprint density at radius 3 is 2.59 bits per heavy atom. The van der Waals surface area contributed by atoms with Crippen molar-refractivity contribution in [2.45, 2.75) is 40.2 Å². The molecule has 3 aromatic heterocycles. The maximum absolute atomic E-state index is 12.0. The zero-order valence-corrected chi connectivity index (χ0v) is 16.3. The third-order valence-corrected chi connectivity index (χ3v) is 3.63. The Bertz CT molecular complexity index is 1000. The Morgan fingerprint density at radius 1 is 1.15 bits per heavy atom. The minimum absolute atomic E-state index is 0.352. The summed E-state index contributed by atoms with van der Waals surface area (Å²) in [5.41, 5.74) is 2.69. The van der Waals surface area contributed by atoms with Gasteiger partial charge in [0.25, 0.3) is 0 Å². The molecule has 0 spiro atoms. The first-order valence-electron chi connectivity index (χ1n) is 8.56. The number of hydrogen-bond acceptors (Lipinski definition) is 6. The summed E-state index contributed by atoms with van der Waals surface area (Å²) in [5.74, 6) is 1.46. The summed E-state index contributed by atoms with van der Waals surface area (Å²) >= 11 is 0. The molecule has 142 valence electrons. The molecule has 1 amide bonds. The molecule has 3 aromatic rings. The van der Waals surface area contributed by atoms with Gasteiger partial charge < -0.3 is 9.47 Å². The molecular formula is C19H23N5O3. The van der Waals surface area contributed by atoms with E-state index in [0.717, 1.165) is 16.7 Å². The van der Waals surface area contributed by atoms with Crippen molar-refractivity contribution in [3.8, 4) is 11.5 Å². The number of carbonyl (C=O) groups excluding carboxylic acids is 1. The van der Waals surface area contributed by atoms with Gasteiger partial charge in [-0.05, 0) is 34.6 Å². The Morgan fingerprint density at radius 2 is 1.89 bits per heavy atom. The second-order valence-electron chi connectivity index (χ2n) is 7.31. The lowest BCUT2D eigenvalue weighted by molar-refractivity contribution is 0.0635. The third kappa shape index (κ3) is 4.52. The molecule has 0 aliphatic rings. The molecule has 3 rings (SSSR count). The van der Waals surface area contributed by atoms with Crippen molar-refractivity contribution in [3.05, 3.63) is 35.8 Å². The van der Waals surface area contributed by atoms with E-state index in [1.165, 1.54) is 0 Å². The quantitative estimate of drug-likeness (QED) is 0.747. The summed E-state index contributed by atoms with van der Waals surface area (Å²) < 4.78 is 12.9. The van der Waals surface area contributed by atoms with Crippen LogP contribution in [0.15, 0.2) is 24.4 Å². The highest BCUT2D eigenvalue weighted by atomic mass is 16.6. The highest BCUT2D eigenvalue weighted by molar-refractivity contribution is 5.84. The number of aryl methyl sites for hydroxylation is 3. The summed E-state index contributed by atoms with van der Waals surface area (Å²) in [5, 5.41) is 6.98. The van der Waals surface area contributed by atoms with Crippen molar-refractivity contribution in [1.82, 2.24) is 19.7 Å². The van der Waals surface area contributed by atoms with Gasteiger partial charge in [0, 0.05) is 30.9 Å². The fraction of sp³-hybridized carbons (Fsp3) is 0.368. The standard InChI is InChI=1S/C19H23N5O3/c1-11-7-13(9-16(21-11)22-18(25)27-19(3,4)5)26-14-8-15-17(20-10-14)12(2)23-24(15)6/h7-10H,1-6H3,(H,21,22,25). The zero-order chi connectivity index (χ0) is 19.8. The molecule has 8 heteroatoms. The van der Waals surface area contributed by atoms with Gasteiger partial charge in [-0.1, -0.05) is 0 Å². The molecule has 0 radical (unpaired) electrons. The van der Waals surface area contributed by atoms with E-state index in [0.29, 0.717) is 23.0 Å². The van der Waals surface area contributed by atoms with Crippen molar-refractivity contribution in [2.75, 3.05) is 5.32 Å². The molecule has 0 bridgehead atoms. The van der Waals surface area contributed by atoms with E-state index >= 15 is 0 Å². The Balaban J connectivity index is 1.82. The largest absolute Gasteiger partial charge is 0.455 e. The van der Waals surface area contributed by atoms with Crippen LogP contribution in [-0.2, 0) is 11.8 Å². The summed E-state index contributed by atoms with van der Waals surface area (Å²) in [6.07, 6.45) is 1.08. The van der Waals surface area contributed by atoms with Crippen molar-refractivity contribution < 1.29 is 14.3 Å². The van der Waals surface area contributed by atoms with Crippen molar-refractivity contribution in [3.63, 3.8) is 0 Å². The molecule has 0 atom stereocenters. The molecule has 0 aliphatic carbocycles. The van der Waals surface area contributed by atoms with E-state index in [9.17, 15) is 4.79 Å². The average Bonchev–Trinajstić information content (AvgIpc) is 2.79. The number of carbonyl (C=O) groups is 1. The topological polar surface area (TPSA) is 91.2 Å². The molecule has 27 heavy (non-hydrogen) atoms. The van der Waals surface area contributed by atoms with Gasteiger partial charge in [0.2, 0.25) is 0 Å². The zero-order valence-electron chi connectivity index (χ0n) is 16.3. The smallest absolute Gasteiger partial charge is 0.413 e. The SMILES string of the molecule is Cc1cc(Oc2cnc3c(C)nn(C)c3c2)cc(NC(=O)OC(C)(C)C)n1. The van der Waals surface area contributed by atoms with Crippen LogP contribution >= 0.6 is 0 Å². The number of amides is 1. The fourth-order valence-electron chi connectivity index (χ4n) is 2.65. The van der Waals surface area contributed by atoms with Crippen LogP contribution in [0.2, 0.25) is 0 Å². The Kier molecular flexibility index (Phi) is 4.73. The number of fused-ring (bicyclic) bond motifs is 1. The number of nitrogens with one attached hydrogen (secondary N) is 1. The lowest BCUT2D eigenvalue weighted by Crippen LogP contribution is -2.27. The van der Waals surface area contributed by atoms with Crippen molar-refractivity contribution >= 4 is 22.9 Å². The van der Waals surface area contributed by atoms with Crippen LogP contribution in [0, 0.1) is 13.8 Å². The van der Waals surface area contributed by atoms with Gasteiger partial charge >= 0.3 is 6.09 Å². The normalized spacial score (nSPS) is 11.5. The Hall–Kier alpha value is -3.16. The van der Waals surface area contributed by atoms with Crippen LogP contribution in [0.25, 0.3) is 11.0 Å². The number of aromatic nitrogens is 4. The second-order valence-corrected chi connectivity index (χ2v) is 7.31. The highest BCUT2D eigenvalue weighted by Gasteiger charge is 2.17. The third-order valence-electron chi connectivity index (χ3n) is 3.63. The first-order valence-corrected chi connectivity index (χ1v) is 8.56. The monoisotopic (exact) mass is 369 g/mol. The summed E-state index contributed by atoms with van der Waals surface area (Å²) in [6, 6.07) is 5.29. The van der Waals surface area contributed by atoms with Crippen LogP contribution < -0.4 is 10.1 Å². The predicted octanol–water partition coefficient (Wildman–Crippen LogP) is 4.12.